The minimum absolute atomic E-state index is 0.0265. The van der Waals surface area contributed by atoms with E-state index < -0.39 is 0 Å². The van der Waals surface area contributed by atoms with Crippen LogP contribution in [0.1, 0.15) is 37.0 Å². The van der Waals surface area contributed by atoms with Crippen molar-refractivity contribution in [3.05, 3.63) is 57.8 Å². The molecule has 1 N–H and O–H groups in total. The van der Waals surface area contributed by atoms with Gasteiger partial charge in [-0.3, -0.25) is 14.0 Å². The van der Waals surface area contributed by atoms with E-state index in [-0.39, 0.29) is 23.1 Å². The summed E-state index contributed by atoms with van der Waals surface area (Å²) >= 11 is 1.39. The first-order valence-corrected chi connectivity index (χ1v) is 8.85. The summed E-state index contributed by atoms with van der Waals surface area (Å²) in [7, 11) is 0. The highest BCUT2D eigenvalue weighted by Gasteiger charge is 2.18. The van der Waals surface area contributed by atoms with Crippen molar-refractivity contribution in [1.82, 2.24) is 14.7 Å². The van der Waals surface area contributed by atoms with E-state index in [1.807, 2.05) is 42.6 Å². The van der Waals surface area contributed by atoms with E-state index in [1.54, 1.807) is 0 Å². The van der Waals surface area contributed by atoms with Gasteiger partial charge in [-0.1, -0.05) is 43.7 Å². The lowest BCUT2D eigenvalue weighted by Crippen LogP contribution is -2.36. The van der Waals surface area contributed by atoms with Crippen molar-refractivity contribution >= 4 is 22.2 Å². The second kappa shape index (κ2) is 6.97. The molecular formula is C18H19N3O2S. The Morgan fingerprint density at radius 2 is 2.08 bits per heavy atom. The van der Waals surface area contributed by atoms with Crippen LogP contribution in [0.4, 0.5) is 0 Å². The summed E-state index contributed by atoms with van der Waals surface area (Å²) in [5.74, 6) is -0.368. The Morgan fingerprint density at radius 3 is 2.79 bits per heavy atom. The first-order chi connectivity index (χ1) is 11.6. The van der Waals surface area contributed by atoms with Crippen molar-refractivity contribution in [1.29, 1.82) is 0 Å². The molecule has 6 heteroatoms. The lowest BCUT2D eigenvalue weighted by Gasteiger charge is -2.12. The fourth-order valence-electron chi connectivity index (χ4n) is 2.67. The largest absolute Gasteiger partial charge is 0.349 e. The molecule has 0 bridgehead atoms. The third-order valence-corrected chi connectivity index (χ3v) is 4.70. The summed E-state index contributed by atoms with van der Waals surface area (Å²) in [6.45, 7) is 3.99. The number of carbonyl (C=O) groups is 1. The van der Waals surface area contributed by atoms with Crippen LogP contribution in [0.3, 0.4) is 0 Å². The standard InChI is InChI=1S/C18H19N3O2S/c1-3-7-12(2)20-16(22)14-10-19-18-21(17(14)23)15(11-24-18)13-8-5-4-6-9-13/h4-6,8-12H,3,7H2,1-2H3,(H,20,22)/t12-/m1/s1. The van der Waals surface area contributed by atoms with Gasteiger partial charge in [0.15, 0.2) is 4.96 Å². The molecule has 0 spiro atoms. The minimum Gasteiger partial charge on any atom is -0.349 e. The van der Waals surface area contributed by atoms with E-state index in [0.717, 1.165) is 24.1 Å². The molecule has 2 aromatic heterocycles. The summed E-state index contributed by atoms with van der Waals surface area (Å²) < 4.78 is 1.51. The maximum absolute atomic E-state index is 12.8. The molecule has 1 aromatic carbocycles. The predicted molar refractivity (Wildman–Crippen MR) is 96.6 cm³/mol. The Balaban J connectivity index is 2.04. The van der Waals surface area contributed by atoms with Crippen LogP contribution in [-0.4, -0.2) is 21.3 Å². The van der Waals surface area contributed by atoms with Crippen LogP contribution in [0.2, 0.25) is 0 Å². The van der Waals surface area contributed by atoms with E-state index in [1.165, 1.54) is 21.9 Å². The minimum atomic E-state index is -0.368. The van der Waals surface area contributed by atoms with Crippen LogP contribution in [0.15, 0.2) is 46.7 Å². The number of carbonyl (C=O) groups excluding carboxylic acids is 1. The topological polar surface area (TPSA) is 63.5 Å². The zero-order valence-electron chi connectivity index (χ0n) is 13.7. The molecule has 24 heavy (non-hydrogen) atoms. The van der Waals surface area contributed by atoms with Gasteiger partial charge in [0.25, 0.3) is 11.5 Å². The van der Waals surface area contributed by atoms with Crippen molar-refractivity contribution in [3.63, 3.8) is 0 Å². The summed E-state index contributed by atoms with van der Waals surface area (Å²) in [4.78, 5) is 30.1. The molecule has 1 amide bonds. The number of hydrogen-bond acceptors (Lipinski definition) is 4. The average molecular weight is 341 g/mol. The number of benzene rings is 1. The van der Waals surface area contributed by atoms with Crippen LogP contribution >= 0.6 is 11.3 Å². The monoisotopic (exact) mass is 341 g/mol. The van der Waals surface area contributed by atoms with Crippen molar-refractivity contribution in [2.75, 3.05) is 0 Å². The molecule has 0 aliphatic carbocycles. The molecular weight excluding hydrogens is 322 g/mol. The Labute approximate surface area is 144 Å². The average Bonchev–Trinajstić information content (AvgIpc) is 3.01. The molecule has 3 rings (SSSR count). The Bertz CT molecular complexity index is 915. The molecule has 3 aromatic rings. The second-order valence-corrected chi connectivity index (χ2v) is 6.58. The molecule has 0 aliphatic rings. The van der Waals surface area contributed by atoms with E-state index in [9.17, 15) is 9.59 Å². The van der Waals surface area contributed by atoms with Gasteiger partial charge >= 0.3 is 0 Å². The van der Waals surface area contributed by atoms with E-state index in [2.05, 4.69) is 17.2 Å². The van der Waals surface area contributed by atoms with Gasteiger partial charge in [0.1, 0.15) is 5.56 Å². The first-order valence-electron chi connectivity index (χ1n) is 7.97. The smallest absolute Gasteiger partial charge is 0.271 e. The van der Waals surface area contributed by atoms with E-state index >= 15 is 0 Å². The number of aromatic nitrogens is 2. The van der Waals surface area contributed by atoms with Gasteiger partial charge < -0.3 is 5.32 Å². The van der Waals surface area contributed by atoms with Gasteiger partial charge in [-0.25, -0.2) is 4.98 Å². The van der Waals surface area contributed by atoms with Crippen molar-refractivity contribution in [2.24, 2.45) is 0 Å². The molecule has 0 aliphatic heterocycles. The van der Waals surface area contributed by atoms with Crippen LogP contribution in [0.25, 0.3) is 16.2 Å². The molecule has 5 nitrogen and oxygen atoms in total. The zero-order chi connectivity index (χ0) is 17.1. The number of fused-ring (bicyclic) bond motifs is 1. The molecule has 1 atom stereocenters. The number of hydrogen-bond donors (Lipinski definition) is 1. The number of nitrogens with one attached hydrogen (secondary N) is 1. The Kier molecular flexibility index (Phi) is 4.76. The highest BCUT2D eigenvalue weighted by atomic mass is 32.1. The SMILES string of the molecule is CCC[C@@H](C)NC(=O)c1cnc2scc(-c3ccccc3)n2c1=O. The predicted octanol–water partition coefficient (Wildman–Crippen LogP) is 3.34. The van der Waals surface area contributed by atoms with E-state index in [0.29, 0.717) is 4.96 Å². The van der Waals surface area contributed by atoms with Crippen molar-refractivity contribution in [2.45, 2.75) is 32.7 Å². The van der Waals surface area contributed by atoms with Gasteiger partial charge in [0.2, 0.25) is 0 Å². The van der Waals surface area contributed by atoms with E-state index in [4.69, 9.17) is 0 Å². The number of amides is 1. The number of thiazole rings is 1. The summed E-state index contributed by atoms with van der Waals surface area (Å²) in [5, 5.41) is 4.75. The lowest BCUT2D eigenvalue weighted by atomic mass is 10.1. The molecule has 0 saturated heterocycles. The molecule has 0 saturated carbocycles. The van der Waals surface area contributed by atoms with Crippen LogP contribution in [-0.2, 0) is 0 Å². The van der Waals surface area contributed by atoms with Gasteiger partial charge in [0, 0.05) is 17.6 Å². The normalized spacial score (nSPS) is 12.2. The Morgan fingerprint density at radius 1 is 1.33 bits per heavy atom. The summed E-state index contributed by atoms with van der Waals surface area (Å²) in [6.07, 6.45) is 3.22. The van der Waals surface area contributed by atoms with Gasteiger partial charge in [-0.15, -0.1) is 11.3 Å². The summed E-state index contributed by atoms with van der Waals surface area (Å²) in [5.41, 5.74) is 1.42. The van der Waals surface area contributed by atoms with Crippen LogP contribution in [0.5, 0.6) is 0 Å². The summed E-state index contributed by atoms with van der Waals surface area (Å²) in [6, 6.07) is 9.65. The maximum atomic E-state index is 12.8. The number of rotatable bonds is 5. The molecule has 124 valence electrons. The fourth-order valence-corrected chi connectivity index (χ4v) is 3.52. The van der Waals surface area contributed by atoms with Crippen LogP contribution < -0.4 is 10.9 Å². The lowest BCUT2D eigenvalue weighted by molar-refractivity contribution is 0.0936. The molecule has 0 fully saturated rings. The zero-order valence-corrected chi connectivity index (χ0v) is 14.5. The highest BCUT2D eigenvalue weighted by molar-refractivity contribution is 7.15. The van der Waals surface area contributed by atoms with Gasteiger partial charge in [-0.2, -0.15) is 0 Å². The van der Waals surface area contributed by atoms with Gasteiger partial charge in [0.05, 0.1) is 5.69 Å². The Hall–Kier alpha value is -2.47. The van der Waals surface area contributed by atoms with Crippen molar-refractivity contribution in [3.8, 4) is 11.3 Å². The fraction of sp³-hybridized carbons (Fsp3) is 0.278. The number of nitrogens with zero attached hydrogens (tertiary/aromatic N) is 2. The quantitative estimate of drug-likeness (QED) is 0.774. The third kappa shape index (κ3) is 3.10. The highest BCUT2D eigenvalue weighted by Crippen LogP contribution is 2.23. The molecule has 2 heterocycles. The van der Waals surface area contributed by atoms with Gasteiger partial charge in [-0.05, 0) is 18.9 Å². The molecule has 0 unspecified atom stereocenters. The first kappa shape index (κ1) is 16.4. The third-order valence-electron chi connectivity index (χ3n) is 3.86. The van der Waals surface area contributed by atoms with Crippen LogP contribution in [0, 0.1) is 0 Å². The van der Waals surface area contributed by atoms with Crippen molar-refractivity contribution < 1.29 is 4.79 Å². The maximum Gasteiger partial charge on any atom is 0.271 e. The second-order valence-electron chi connectivity index (χ2n) is 5.75. The molecule has 0 radical (unpaired) electrons.